The maximum atomic E-state index is 15.2. The van der Waals surface area contributed by atoms with Crippen LogP contribution in [0.5, 0.6) is 0 Å². The number of carbonyl (C=O) groups is 1. The number of fused-ring (bicyclic) bond motifs is 3. The Morgan fingerprint density at radius 3 is 2.57 bits per heavy atom. The number of pyridine rings is 1. The van der Waals surface area contributed by atoms with Crippen LogP contribution in [0.2, 0.25) is 10.2 Å². The summed E-state index contributed by atoms with van der Waals surface area (Å²) < 4.78 is 15.2. The summed E-state index contributed by atoms with van der Waals surface area (Å²) in [6.07, 6.45) is 3.62. The van der Waals surface area contributed by atoms with E-state index in [0.717, 1.165) is 31.2 Å². The van der Waals surface area contributed by atoms with Crippen LogP contribution in [0.4, 0.5) is 10.2 Å². The van der Waals surface area contributed by atoms with Crippen LogP contribution in [-0.2, 0) is 10.2 Å². The van der Waals surface area contributed by atoms with Gasteiger partial charge in [-0.05, 0) is 48.8 Å². The number of halogens is 3. The number of anilines is 1. The van der Waals surface area contributed by atoms with Crippen molar-refractivity contribution >= 4 is 34.9 Å². The molecule has 3 aliphatic rings. The molecule has 1 aromatic carbocycles. The molecule has 2 spiro atoms. The molecule has 2 fully saturated rings. The molecular weight excluding hydrogens is 424 g/mol. The van der Waals surface area contributed by atoms with Gasteiger partial charge in [0.25, 0.3) is 0 Å². The Balaban J connectivity index is 1.75. The molecule has 30 heavy (non-hydrogen) atoms. The first-order valence-electron chi connectivity index (χ1n) is 10.4. The lowest BCUT2D eigenvalue weighted by Gasteiger charge is -2.50. The standard InChI is InChI=1S/C23H24Cl2FN3O/c1-21(2)8-10-22(11-9-21)23(14-6-7-17(25)28-19(14)29-20(23)30)15(12-27-22)13-4-3-5-16(24)18(13)26/h3-7,15,27H,8-12H2,1-2H3,(H,28,29,30)/t15-,23-/m1/s1. The van der Waals surface area contributed by atoms with Gasteiger partial charge in [0.1, 0.15) is 22.2 Å². The van der Waals surface area contributed by atoms with E-state index in [2.05, 4.69) is 29.5 Å². The second kappa shape index (κ2) is 6.65. The van der Waals surface area contributed by atoms with Gasteiger partial charge in [0.2, 0.25) is 5.91 Å². The van der Waals surface area contributed by atoms with Crippen molar-refractivity contribution in [3.63, 3.8) is 0 Å². The Kier molecular flexibility index (Phi) is 4.48. The first-order valence-corrected chi connectivity index (χ1v) is 11.1. The Bertz CT molecular complexity index is 1050. The maximum absolute atomic E-state index is 15.2. The van der Waals surface area contributed by atoms with Gasteiger partial charge in [0.05, 0.1) is 5.02 Å². The van der Waals surface area contributed by atoms with E-state index in [1.807, 2.05) is 6.07 Å². The third-order valence-electron chi connectivity index (χ3n) is 7.61. The Morgan fingerprint density at radius 1 is 1.10 bits per heavy atom. The highest BCUT2D eigenvalue weighted by Crippen LogP contribution is 2.61. The number of amides is 1. The number of aromatic nitrogens is 1. The normalized spacial score (nSPS) is 28.7. The van der Waals surface area contributed by atoms with Crippen LogP contribution in [0.1, 0.15) is 56.6 Å². The molecule has 158 valence electrons. The molecule has 1 saturated carbocycles. The van der Waals surface area contributed by atoms with Gasteiger partial charge in [-0.25, -0.2) is 9.37 Å². The summed E-state index contributed by atoms with van der Waals surface area (Å²) in [5.41, 5.74) is 0.0268. The third-order valence-corrected chi connectivity index (χ3v) is 8.11. The van der Waals surface area contributed by atoms with Gasteiger partial charge >= 0.3 is 0 Å². The number of rotatable bonds is 1. The first-order chi connectivity index (χ1) is 14.2. The minimum Gasteiger partial charge on any atom is -0.310 e. The van der Waals surface area contributed by atoms with Crippen molar-refractivity contribution in [3.05, 3.63) is 57.5 Å². The average molecular weight is 448 g/mol. The zero-order valence-electron chi connectivity index (χ0n) is 17.0. The van der Waals surface area contributed by atoms with Crippen molar-refractivity contribution < 1.29 is 9.18 Å². The predicted octanol–water partition coefficient (Wildman–Crippen LogP) is 5.44. The molecule has 3 heterocycles. The average Bonchev–Trinajstić information content (AvgIpc) is 3.17. The maximum Gasteiger partial charge on any atom is 0.238 e. The first kappa shape index (κ1) is 20.2. The lowest BCUT2D eigenvalue weighted by Crippen LogP contribution is -2.61. The molecule has 1 saturated heterocycles. The van der Waals surface area contributed by atoms with E-state index in [1.54, 1.807) is 24.3 Å². The van der Waals surface area contributed by atoms with Crippen molar-refractivity contribution in [2.45, 2.75) is 56.4 Å². The number of nitrogens with one attached hydrogen (secondary N) is 2. The van der Waals surface area contributed by atoms with Gasteiger partial charge in [0.15, 0.2) is 0 Å². The quantitative estimate of drug-likeness (QED) is 0.571. The largest absolute Gasteiger partial charge is 0.310 e. The minimum atomic E-state index is -0.970. The van der Waals surface area contributed by atoms with Gasteiger partial charge in [-0.15, -0.1) is 0 Å². The molecule has 0 bridgehead atoms. The highest BCUT2D eigenvalue weighted by Gasteiger charge is 2.69. The van der Waals surface area contributed by atoms with E-state index in [-0.39, 0.29) is 16.3 Å². The third kappa shape index (κ3) is 2.61. The van der Waals surface area contributed by atoms with Gasteiger partial charge < -0.3 is 10.6 Å². The Morgan fingerprint density at radius 2 is 1.83 bits per heavy atom. The van der Waals surface area contributed by atoms with Crippen LogP contribution < -0.4 is 10.6 Å². The molecule has 4 nitrogen and oxygen atoms in total. The fourth-order valence-electron chi connectivity index (χ4n) is 5.98. The van der Waals surface area contributed by atoms with Gasteiger partial charge in [-0.3, -0.25) is 4.79 Å². The monoisotopic (exact) mass is 447 g/mol. The van der Waals surface area contributed by atoms with E-state index in [9.17, 15) is 4.79 Å². The molecule has 2 atom stereocenters. The summed E-state index contributed by atoms with van der Waals surface area (Å²) in [6, 6.07) is 8.63. The molecule has 1 amide bonds. The van der Waals surface area contributed by atoms with E-state index in [0.29, 0.717) is 23.1 Å². The summed E-state index contributed by atoms with van der Waals surface area (Å²) in [7, 11) is 0. The molecular formula is C23H24Cl2FN3O. The molecule has 0 unspecified atom stereocenters. The topological polar surface area (TPSA) is 54.0 Å². The van der Waals surface area contributed by atoms with Gasteiger partial charge in [-0.2, -0.15) is 0 Å². The lowest BCUT2D eigenvalue weighted by atomic mass is 9.54. The molecule has 1 aromatic heterocycles. The summed E-state index contributed by atoms with van der Waals surface area (Å²) >= 11 is 12.3. The number of hydrogen-bond acceptors (Lipinski definition) is 3. The van der Waals surface area contributed by atoms with Crippen LogP contribution in [0.15, 0.2) is 30.3 Å². The highest BCUT2D eigenvalue weighted by atomic mass is 35.5. The number of hydrogen-bond donors (Lipinski definition) is 2. The second-order valence-corrected chi connectivity index (χ2v) is 10.4. The molecule has 2 N–H and O–H groups in total. The SMILES string of the molecule is CC1(C)CCC2(CC1)NC[C@H](c1cccc(Cl)c1F)[C@]21C(=O)Nc2nc(Cl)ccc21. The van der Waals surface area contributed by atoms with Crippen LogP contribution in [0, 0.1) is 11.2 Å². The molecule has 1 aliphatic carbocycles. The van der Waals surface area contributed by atoms with Crippen molar-refractivity contribution in [3.8, 4) is 0 Å². The summed E-state index contributed by atoms with van der Waals surface area (Å²) in [5.74, 6) is -0.516. The molecule has 0 radical (unpaired) electrons. The number of nitrogens with zero attached hydrogens (tertiary/aromatic N) is 1. The van der Waals surface area contributed by atoms with Gasteiger partial charge in [0, 0.05) is 23.6 Å². The van der Waals surface area contributed by atoms with Crippen LogP contribution in [0.25, 0.3) is 0 Å². The lowest BCUT2D eigenvalue weighted by molar-refractivity contribution is -0.124. The summed E-state index contributed by atoms with van der Waals surface area (Å²) in [5, 5.41) is 7.05. The summed E-state index contributed by atoms with van der Waals surface area (Å²) in [4.78, 5) is 18.2. The smallest absolute Gasteiger partial charge is 0.238 e. The zero-order chi connectivity index (χ0) is 21.3. The van der Waals surface area contributed by atoms with Gasteiger partial charge in [-0.1, -0.05) is 55.2 Å². The molecule has 2 aliphatic heterocycles. The van der Waals surface area contributed by atoms with Crippen molar-refractivity contribution in [1.29, 1.82) is 0 Å². The number of carbonyl (C=O) groups excluding carboxylic acids is 1. The zero-order valence-corrected chi connectivity index (χ0v) is 18.5. The minimum absolute atomic E-state index is 0.0706. The molecule has 5 rings (SSSR count). The Hall–Kier alpha value is -1.69. The van der Waals surface area contributed by atoms with Crippen molar-refractivity contribution in [2.24, 2.45) is 5.41 Å². The fraction of sp³-hybridized carbons (Fsp3) is 0.478. The van der Waals surface area contributed by atoms with E-state index < -0.39 is 22.7 Å². The van der Waals surface area contributed by atoms with Crippen LogP contribution >= 0.6 is 23.2 Å². The second-order valence-electron chi connectivity index (χ2n) is 9.62. The fourth-order valence-corrected chi connectivity index (χ4v) is 6.31. The van der Waals surface area contributed by atoms with E-state index in [1.165, 1.54) is 0 Å². The van der Waals surface area contributed by atoms with Crippen molar-refractivity contribution in [2.75, 3.05) is 11.9 Å². The Labute approximate surface area is 185 Å². The van der Waals surface area contributed by atoms with Crippen LogP contribution in [0.3, 0.4) is 0 Å². The van der Waals surface area contributed by atoms with Crippen LogP contribution in [-0.4, -0.2) is 23.0 Å². The van der Waals surface area contributed by atoms with E-state index in [4.69, 9.17) is 23.2 Å². The highest BCUT2D eigenvalue weighted by molar-refractivity contribution is 6.31. The summed E-state index contributed by atoms with van der Waals surface area (Å²) in [6.45, 7) is 5.02. The van der Waals surface area contributed by atoms with Crippen molar-refractivity contribution in [1.82, 2.24) is 10.3 Å². The molecule has 7 heteroatoms. The molecule has 2 aromatic rings. The van der Waals surface area contributed by atoms with E-state index >= 15 is 4.39 Å². The number of benzene rings is 1. The predicted molar refractivity (Wildman–Crippen MR) is 117 cm³/mol.